The summed E-state index contributed by atoms with van der Waals surface area (Å²) < 4.78 is 8.05. The van der Waals surface area contributed by atoms with Gasteiger partial charge in [0.25, 0.3) is 0 Å². The van der Waals surface area contributed by atoms with Gasteiger partial charge in [-0.25, -0.2) is 9.59 Å². The fourth-order valence-electron chi connectivity index (χ4n) is 1.64. The highest BCUT2D eigenvalue weighted by atomic mass is 35.5. The molecule has 2 amide bonds. The first-order valence-corrected chi connectivity index (χ1v) is 6.95. The fraction of sp³-hybridized carbons (Fsp3) is 0.273. The number of amides is 2. The number of carbonyl (C=O) groups excluding carboxylic acids is 1. The number of aliphatic hydroxyl groups excluding tert-OH is 1. The van der Waals surface area contributed by atoms with Gasteiger partial charge in [0, 0.05) is 13.0 Å². The molecule has 1 aromatic carbocycles. The average molecular weight is 331 g/mol. The Morgan fingerprint density at radius 2 is 2.14 bits per heavy atom. The lowest BCUT2D eigenvalue weighted by Gasteiger charge is -2.14. The van der Waals surface area contributed by atoms with Crippen molar-refractivity contribution in [3.05, 3.63) is 17.2 Å². The summed E-state index contributed by atoms with van der Waals surface area (Å²) in [4.78, 5) is 22.8. The predicted octanol–water partition coefficient (Wildman–Crippen LogP) is 1.30. The molecule has 112 valence electrons. The summed E-state index contributed by atoms with van der Waals surface area (Å²) in [5.41, 5.74) is 1.26. The summed E-state index contributed by atoms with van der Waals surface area (Å²) in [6.07, 6.45) is -0.0983. The summed E-state index contributed by atoms with van der Waals surface area (Å²) in [6.45, 7) is -0.358. The zero-order chi connectivity index (χ0) is 15.4. The number of hydrogen-bond acceptors (Lipinski definition) is 6. The molecule has 0 aliphatic heterocycles. The van der Waals surface area contributed by atoms with Crippen molar-refractivity contribution in [1.29, 1.82) is 0 Å². The zero-order valence-electron chi connectivity index (χ0n) is 10.5. The Hall–Kier alpha value is -1.97. The van der Waals surface area contributed by atoms with Crippen molar-refractivity contribution in [2.45, 2.75) is 12.5 Å². The van der Waals surface area contributed by atoms with E-state index in [0.717, 1.165) is 11.7 Å². The van der Waals surface area contributed by atoms with Crippen molar-refractivity contribution in [1.82, 2.24) is 14.1 Å². The zero-order valence-corrected chi connectivity index (χ0v) is 12.1. The van der Waals surface area contributed by atoms with Gasteiger partial charge in [-0.05, 0) is 12.1 Å². The van der Waals surface area contributed by atoms with Crippen LogP contribution >= 0.6 is 23.3 Å². The van der Waals surface area contributed by atoms with E-state index < -0.39 is 18.0 Å². The highest BCUT2D eigenvalue weighted by molar-refractivity contribution is 7.00. The Balaban J connectivity index is 2.16. The minimum absolute atomic E-state index is 0.0983. The first-order chi connectivity index (χ1) is 10.0. The molecule has 2 rings (SSSR count). The SMILES string of the molecule is O=C(Nc1c(Cl)ccc2nsnc12)N[C@@H](CCO)C(=O)O. The smallest absolute Gasteiger partial charge is 0.326 e. The molecule has 0 fully saturated rings. The van der Waals surface area contributed by atoms with Gasteiger partial charge < -0.3 is 20.8 Å². The number of urea groups is 1. The normalized spacial score (nSPS) is 12.1. The van der Waals surface area contributed by atoms with Crippen LogP contribution in [-0.2, 0) is 4.79 Å². The Labute approximate surface area is 128 Å². The first-order valence-electron chi connectivity index (χ1n) is 5.85. The number of aliphatic carboxylic acids is 1. The lowest BCUT2D eigenvalue weighted by atomic mass is 10.2. The van der Waals surface area contributed by atoms with Gasteiger partial charge in [0.15, 0.2) is 0 Å². The van der Waals surface area contributed by atoms with Gasteiger partial charge in [-0.3, -0.25) is 0 Å². The van der Waals surface area contributed by atoms with E-state index in [9.17, 15) is 9.59 Å². The lowest BCUT2D eigenvalue weighted by Crippen LogP contribution is -2.43. The molecule has 0 saturated carbocycles. The van der Waals surface area contributed by atoms with E-state index in [-0.39, 0.29) is 23.7 Å². The topological polar surface area (TPSA) is 124 Å². The third-order valence-corrected chi connectivity index (χ3v) is 3.49. The number of carboxylic acid groups (broad SMARTS) is 1. The van der Waals surface area contributed by atoms with Crippen LogP contribution in [0.5, 0.6) is 0 Å². The van der Waals surface area contributed by atoms with Crippen molar-refractivity contribution in [2.24, 2.45) is 0 Å². The molecule has 1 atom stereocenters. The molecule has 2 aromatic rings. The number of fused-ring (bicyclic) bond motifs is 1. The highest BCUT2D eigenvalue weighted by Gasteiger charge is 2.20. The largest absolute Gasteiger partial charge is 0.480 e. The molecule has 0 aliphatic rings. The third kappa shape index (κ3) is 3.57. The molecule has 8 nitrogen and oxygen atoms in total. The van der Waals surface area contributed by atoms with E-state index in [2.05, 4.69) is 19.4 Å². The van der Waals surface area contributed by atoms with Crippen LogP contribution in [0.2, 0.25) is 5.02 Å². The minimum atomic E-state index is -1.24. The van der Waals surface area contributed by atoms with Crippen LogP contribution in [-0.4, -0.2) is 43.6 Å². The van der Waals surface area contributed by atoms with E-state index in [1.807, 2.05) is 0 Å². The molecule has 1 heterocycles. The molecule has 0 spiro atoms. The molecule has 0 bridgehead atoms. The van der Waals surface area contributed by atoms with Gasteiger partial charge in [0.05, 0.1) is 22.4 Å². The number of aliphatic hydroxyl groups is 1. The lowest BCUT2D eigenvalue weighted by molar-refractivity contribution is -0.139. The van der Waals surface area contributed by atoms with Gasteiger partial charge in [-0.2, -0.15) is 8.75 Å². The number of benzene rings is 1. The number of anilines is 1. The quantitative estimate of drug-likeness (QED) is 0.655. The molecule has 4 N–H and O–H groups in total. The number of aromatic nitrogens is 2. The molecule has 1 aromatic heterocycles. The van der Waals surface area contributed by atoms with E-state index in [0.29, 0.717) is 11.0 Å². The first kappa shape index (κ1) is 15.4. The molecular weight excluding hydrogens is 320 g/mol. The van der Waals surface area contributed by atoms with Crippen LogP contribution in [0.4, 0.5) is 10.5 Å². The van der Waals surface area contributed by atoms with Crippen LogP contribution in [0, 0.1) is 0 Å². The van der Waals surface area contributed by atoms with Crippen LogP contribution in [0.1, 0.15) is 6.42 Å². The average Bonchev–Trinajstić information content (AvgIpc) is 2.90. The van der Waals surface area contributed by atoms with Crippen LogP contribution in [0.15, 0.2) is 12.1 Å². The number of carbonyl (C=O) groups is 2. The Morgan fingerprint density at radius 3 is 2.81 bits per heavy atom. The van der Waals surface area contributed by atoms with Crippen LogP contribution < -0.4 is 10.6 Å². The molecule has 10 heteroatoms. The van der Waals surface area contributed by atoms with Crippen LogP contribution in [0.3, 0.4) is 0 Å². The highest BCUT2D eigenvalue weighted by Crippen LogP contribution is 2.29. The second kappa shape index (κ2) is 6.66. The number of hydrogen-bond donors (Lipinski definition) is 4. The molecule has 0 saturated heterocycles. The maximum Gasteiger partial charge on any atom is 0.326 e. The Bertz CT molecular complexity index is 677. The monoisotopic (exact) mass is 330 g/mol. The van der Waals surface area contributed by atoms with E-state index in [4.69, 9.17) is 21.8 Å². The van der Waals surface area contributed by atoms with Crippen molar-refractivity contribution in [3.8, 4) is 0 Å². The Morgan fingerprint density at radius 1 is 1.38 bits per heavy atom. The molecule has 21 heavy (non-hydrogen) atoms. The second-order valence-electron chi connectivity index (χ2n) is 4.06. The van der Waals surface area contributed by atoms with E-state index in [1.54, 1.807) is 12.1 Å². The summed E-state index contributed by atoms with van der Waals surface area (Å²) in [6, 6.07) is 1.28. The molecule has 0 unspecified atom stereocenters. The van der Waals surface area contributed by atoms with Gasteiger partial charge >= 0.3 is 12.0 Å². The summed E-state index contributed by atoms with van der Waals surface area (Å²) >= 11 is 6.97. The summed E-state index contributed by atoms with van der Waals surface area (Å²) in [7, 11) is 0. The molecular formula is C11H11ClN4O4S. The molecule has 0 aliphatic carbocycles. The fourth-order valence-corrected chi connectivity index (χ4v) is 2.38. The number of carboxylic acids is 1. The van der Waals surface area contributed by atoms with Crippen molar-refractivity contribution >= 4 is 52.1 Å². The maximum absolute atomic E-state index is 11.8. The number of nitrogens with zero attached hydrogens (tertiary/aromatic N) is 2. The summed E-state index contributed by atoms with van der Waals surface area (Å²) in [5.74, 6) is -1.24. The number of halogens is 1. The van der Waals surface area contributed by atoms with E-state index in [1.165, 1.54) is 0 Å². The maximum atomic E-state index is 11.8. The van der Waals surface area contributed by atoms with Gasteiger partial charge in [-0.15, -0.1) is 0 Å². The van der Waals surface area contributed by atoms with Crippen molar-refractivity contribution in [2.75, 3.05) is 11.9 Å². The number of rotatable bonds is 5. The van der Waals surface area contributed by atoms with Gasteiger partial charge in [0.1, 0.15) is 17.1 Å². The number of nitrogens with one attached hydrogen (secondary N) is 2. The van der Waals surface area contributed by atoms with Crippen LogP contribution in [0.25, 0.3) is 11.0 Å². The van der Waals surface area contributed by atoms with Gasteiger partial charge in [0.2, 0.25) is 0 Å². The van der Waals surface area contributed by atoms with E-state index >= 15 is 0 Å². The van der Waals surface area contributed by atoms with Crippen molar-refractivity contribution < 1.29 is 19.8 Å². The van der Waals surface area contributed by atoms with Gasteiger partial charge in [-0.1, -0.05) is 11.6 Å². The minimum Gasteiger partial charge on any atom is -0.480 e. The summed E-state index contributed by atoms with van der Waals surface area (Å²) in [5, 5.41) is 22.6. The third-order valence-electron chi connectivity index (χ3n) is 2.64. The predicted molar refractivity (Wildman–Crippen MR) is 77.7 cm³/mol. The second-order valence-corrected chi connectivity index (χ2v) is 4.99. The standard InChI is InChI=1S/C11H11ClN4O4S/c12-5-1-2-6-9(16-21-15-6)8(5)14-11(20)13-7(3-4-17)10(18)19/h1-2,7,17H,3-4H2,(H,18,19)(H2,13,14,20)/t7-/m0/s1. The van der Waals surface area contributed by atoms with Crippen molar-refractivity contribution in [3.63, 3.8) is 0 Å². The Kier molecular flexibility index (Phi) is 4.89. The molecule has 0 radical (unpaired) electrons.